The van der Waals surface area contributed by atoms with E-state index in [0.29, 0.717) is 5.75 Å². The average molecular weight is 448 g/mol. The third kappa shape index (κ3) is 6.65. The highest BCUT2D eigenvalue weighted by molar-refractivity contribution is 7.80. The molecular weight excluding hydrogens is 422 g/mol. The number of hydrogen-bond acceptors (Lipinski definition) is 4. The number of amides is 2. The van der Waals surface area contributed by atoms with Crippen LogP contribution in [0.3, 0.4) is 0 Å². The van der Waals surface area contributed by atoms with Crippen molar-refractivity contribution in [1.29, 1.82) is 0 Å². The van der Waals surface area contributed by atoms with Gasteiger partial charge in [0, 0.05) is 0 Å². The van der Waals surface area contributed by atoms with Gasteiger partial charge in [-0.15, -0.1) is 0 Å². The molecule has 0 unspecified atom stereocenters. The number of benzene rings is 3. The summed E-state index contributed by atoms with van der Waals surface area (Å²) in [5.41, 5.74) is 7.84. The van der Waals surface area contributed by atoms with Crippen LogP contribution in [0, 0.1) is 0 Å². The third-order valence-electron chi connectivity index (χ3n) is 4.78. The molecule has 0 aromatic heterocycles. The standard InChI is InChI=1S/C25H25N3O3S/c1-2-18-13-15-21(16-14-18)31-17-22(29)27-28-25(32)26-24(30)23(19-9-5-3-6-10-19)20-11-7-4-8-12-20/h3-16,23H,2,17H2,1H3,(H,27,29)(H2,26,28,30,32). The van der Waals surface area contributed by atoms with Crippen LogP contribution in [-0.2, 0) is 16.0 Å². The Morgan fingerprint density at radius 1 is 0.844 bits per heavy atom. The molecule has 0 bridgehead atoms. The highest BCUT2D eigenvalue weighted by Crippen LogP contribution is 2.24. The molecule has 3 rings (SSSR count). The first-order valence-electron chi connectivity index (χ1n) is 10.3. The van der Waals surface area contributed by atoms with Gasteiger partial charge in [0.05, 0.1) is 5.92 Å². The van der Waals surface area contributed by atoms with Crippen LogP contribution in [-0.4, -0.2) is 23.5 Å². The number of hydrogen-bond donors (Lipinski definition) is 3. The molecule has 0 aliphatic rings. The highest BCUT2D eigenvalue weighted by atomic mass is 32.1. The van der Waals surface area contributed by atoms with Gasteiger partial charge in [-0.25, -0.2) is 0 Å². The summed E-state index contributed by atoms with van der Waals surface area (Å²) in [6.45, 7) is 1.88. The molecule has 0 saturated carbocycles. The summed E-state index contributed by atoms with van der Waals surface area (Å²) in [5, 5.41) is 2.64. The van der Waals surface area contributed by atoms with E-state index in [1.165, 1.54) is 5.56 Å². The van der Waals surface area contributed by atoms with Crippen molar-refractivity contribution in [3.63, 3.8) is 0 Å². The lowest BCUT2D eigenvalue weighted by Gasteiger charge is -2.19. The van der Waals surface area contributed by atoms with Gasteiger partial charge in [-0.2, -0.15) is 0 Å². The summed E-state index contributed by atoms with van der Waals surface area (Å²) >= 11 is 5.17. The van der Waals surface area contributed by atoms with Gasteiger partial charge in [-0.05, 0) is 47.5 Å². The van der Waals surface area contributed by atoms with Crippen LogP contribution in [0.1, 0.15) is 29.5 Å². The quantitative estimate of drug-likeness (QED) is 0.382. The van der Waals surface area contributed by atoms with Crippen molar-refractivity contribution >= 4 is 29.1 Å². The molecule has 32 heavy (non-hydrogen) atoms. The van der Waals surface area contributed by atoms with Crippen molar-refractivity contribution in [3.05, 3.63) is 102 Å². The first-order valence-corrected chi connectivity index (χ1v) is 10.7. The number of aryl methyl sites for hydroxylation is 1. The molecule has 6 nitrogen and oxygen atoms in total. The van der Waals surface area contributed by atoms with Gasteiger partial charge in [-0.1, -0.05) is 79.7 Å². The highest BCUT2D eigenvalue weighted by Gasteiger charge is 2.23. The fourth-order valence-electron chi connectivity index (χ4n) is 3.13. The third-order valence-corrected chi connectivity index (χ3v) is 4.99. The van der Waals surface area contributed by atoms with E-state index in [-0.39, 0.29) is 17.6 Å². The predicted octanol–water partition coefficient (Wildman–Crippen LogP) is 3.48. The van der Waals surface area contributed by atoms with E-state index in [1.807, 2.05) is 84.9 Å². The largest absolute Gasteiger partial charge is 0.484 e. The minimum absolute atomic E-state index is 0.00693. The molecule has 3 aromatic rings. The zero-order valence-corrected chi connectivity index (χ0v) is 18.5. The van der Waals surface area contributed by atoms with Crippen LogP contribution in [0.4, 0.5) is 0 Å². The van der Waals surface area contributed by atoms with Crippen LogP contribution >= 0.6 is 12.2 Å². The molecule has 164 valence electrons. The van der Waals surface area contributed by atoms with Crippen molar-refractivity contribution in [3.8, 4) is 5.75 Å². The van der Waals surface area contributed by atoms with Gasteiger partial charge >= 0.3 is 0 Å². The van der Waals surface area contributed by atoms with E-state index in [4.69, 9.17) is 17.0 Å². The molecule has 0 radical (unpaired) electrons. The van der Waals surface area contributed by atoms with Crippen LogP contribution in [0.5, 0.6) is 5.75 Å². The first kappa shape index (κ1) is 23.0. The molecule has 7 heteroatoms. The monoisotopic (exact) mass is 447 g/mol. The second kappa shape index (κ2) is 11.6. The summed E-state index contributed by atoms with van der Waals surface area (Å²) in [6.07, 6.45) is 0.934. The predicted molar refractivity (Wildman–Crippen MR) is 128 cm³/mol. The summed E-state index contributed by atoms with van der Waals surface area (Å²) in [4.78, 5) is 25.0. The number of ether oxygens (including phenoxy) is 1. The molecular formula is C25H25N3O3S. The number of nitrogens with one attached hydrogen (secondary N) is 3. The van der Waals surface area contributed by atoms with Crippen molar-refractivity contribution in [1.82, 2.24) is 16.2 Å². The Morgan fingerprint density at radius 3 is 1.94 bits per heavy atom. The number of rotatable bonds is 7. The van der Waals surface area contributed by atoms with Crippen LogP contribution in [0.15, 0.2) is 84.9 Å². The Morgan fingerprint density at radius 2 is 1.41 bits per heavy atom. The minimum atomic E-state index is -0.540. The van der Waals surface area contributed by atoms with Crippen LogP contribution in [0.2, 0.25) is 0 Å². The molecule has 0 atom stereocenters. The van der Waals surface area contributed by atoms with Crippen molar-refractivity contribution in [2.45, 2.75) is 19.3 Å². The lowest BCUT2D eigenvalue weighted by atomic mass is 9.90. The average Bonchev–Trinajstić information content (AvgIpc) is 2.83. The van der Waals surface area contributed by atoms with E-state index >= 15 is 0 Å². The summed E-state index contributed by atoms with van der Waals surface area (Å²) in [7, 11) is 0. The Balaban J connectivity index is 1.52. The van der Waals surface area contributed by atoms with E-state index in [1.54, 1.807) is 0 Å². The molecule has 0 saturated heterocycles. The molecule has 0 aliphatic carbocycles. The minimum Gasteiger partial charge on any atom is -0.484 e. The smallest absolute Gasteiger partial charge is 0.276 e. The fraction of sp³-hybridized carbons (Fsp3) is 0.160. The van der Waals surface area contributed by atoms with E-state index in [0.717, 1.165) is 17.5 Å². The Bertz CT molecular complexity index is 1000. The van der Waals surface area contributed by atoms with Gasteiger partial charge < -0.3 is 10.1 Å². The fourth-order valence-corrected chi connectivity index (χ4v) is 3.29. The number of carbonyl (C=O) groups is 2. The molecule has 3 aromatic carbocycles. The molecule has 3 N–H and O–H groups in total. The molecule has 0 spiro atoms. The number of carbonyl (C=O) groups excluding carboxylic acids is 2. The first-order chi connectivity index (χ1) is 15.6. The zero-order chi connectivity index (χ0) is 22.8. The van der Waals surface area contributed by atoms with Gasteiger partial charge in [0.1, 0.15) is 5.75 Å². The Labute approximate surface area is 193 Å². The Hall–Kier alpha value is -3.71. The maximum atomic E-state index is 13.0. The second-order valence-electron chi connectivity index (χ2n) is 7.03. The normalized spacial score (nSPS) is 10.3. The molecule has 2 amide bonds. The van der Waals surface area contributed by atoms with Crippen molar-refractivity contribution in [2.75, 3.05) is 6.61 Å². The van der Waals surface area contributed by atoms with Gasteiger partial charge in [0.25, 0.3) is 5.91 Å². The summed E-state index contributed by atoms with van der Waals surface area (Å²) < 4.78 is 5.45. The SMILES string of the molecule is CCc1ccc(OCC(=O)NNC(=S)NC(=O)C(c2ccccc2)c2ccccc2)cc1. The Kier molecular flexibility index (Phi) is 8.34. The maximum Gasteiger partial charge on any atom is 0.276 e. The van der Waals surface area contributed by atoms with Crippen LogP contribution in [0.25, 0.3) is 0 Å². The van der Waals surface area contributed by atoms with E-state index < -0.39 is 11.8 Å². The lowest BCUT2D eigenvalue weighted by molar-refractivity contribution is -0.124. The van der Waals surface area contributed by atoms with Gasteiger partial charge in [-0.3, -0.25) is 20.4 Å². The number of thiocarbonyl (C=S) groups is 1. The van der Waals surface area contributed by atoms with E-state index in [9.17, 15) is 9.59 Å². The zero-order valence-electron chi connectivity index (χ0n) is 17.7. The molecule has 0 aliphatic heterocycles. The summed E-state index contributed by atoms with van der Waals surface area (Å²) in [6, 6.07) is 26.4. The van der Waals surface area contributed by atoms with Gasteiger partial charge in [0.15, 0.2) is 11.7 Å². The lowest BCUT2D eigenvalue weighted by Crippen LogP contribution is -2.50. The second-order valence-corrected chi connectivity index (χ2v) is 7.44. The molecule has 0 fully saturated rings. The van der Waals surface area contributed by atoms with Crippen LogP contribution < -0.4 is 20.9 Å². The topological polar surface area (TPSA) is 79.5 Å². The van der Waals surface area contributed by atoms with E-state index in [2.05, 4.69) is 23.1 Å². The molecule has 0 heterocycles. The van der Waals surface area contributed by atoms with Crippen molar-refractivity contribution in [2.24, 2.45) is 0 Å². The van der Waals surface area contributed by atoms with Gasteiger partial charge in [0.2, 0.25) is 5.91 Å². The number of hydrazine groups is 1. The maximum absolute atomic E-state index is 13.0. The van der Waals surface area contributed by atoms with Crippen molar-refractivity contribution < 1.29 is 14.3 Å². The summed E-state index contributed by atoms with van der Waals surface area (Å²) in [5.74, 6) is -0.672.